The van der Waals surface area contributed by atoms with E-state index in [9.17, 15) is 19.2 Å². The number of urea groups is 1. The highest BCUT2D eigenvalue weighted by Gasteiger charge is 2.30. The normalized spacial score (nSPS) is 17.5. The molecular formula is C20H34N4O6. The van der Waals surface area contributed by atoms with Gasteiger partial charge in [0.15, 0.2) is 5.78 Å². The van der Waals surface area contributed by atoms with Crippen molar-refractivity contribution in [2.45, 2.75) is 33.3 Å². The van der Waals surface area contributed by atoms with Crippen molar-refractivity contribution >= 4 is 23.6 Å². The molecule has 0 aliphatic carbocycles. The van der Waals surface area contributed by atoms with Crippen molar-refractivity contribution in [3.8, 4) is 0 Å². The van der Waals surface area contributed by atoms with Crippen LogP contribution in [0.2, 0.25) is 0 Å². The number of piperazine rings is 2. The number of hydrogen-bond donors (Lipinski definition) is 0. The Morgan fingerprint density at radius 1 is 0.733 bits per heavy atom. The predicted octanol–water partition coefficient (Wildman–Crippen LogP) is -0.184. The van der Waals surface area contributed by atoms with Crippen LogP contribution >= 0.6 is 0 Å². The van der Waals surface area contributed by atoms with Crippen LogP contribution in [0.15, 0.2) is 0 Å². The molecule has 0 atom stereocenters. The Balaban J connectivity index is 1.68. The Kier molecular flexibility index (Phi) is 9.51. The summed E-state index contributed by atoms with van der Waals surface area (Å²) in [5.74, 6) is -0.234. The minimum atomic E-state index is -0.170. The molecule has 2 heterocycles. The monoisotopic (exact) mass is 426 g/mol. The zero-order valence-corrected chi connectivity index (χ0v) is 18.3. The molecule has 0 aromatic heterocycles. The van der Waals surface area contributed by atoms with Gasteiger partial charge in [0.1, 0.15) is 13.2 Å². The van der Waals surface area contributed by atoms with Crippen molar-refractivity contribution in [3.63, 3.8) is 0 Å². The molecule has 170 valence electrons. The molecule has 0 saturated carbocycles. The summed E-state index contributed by atoms with van der Waals surface area (Å²) in [5.41, 5.74) is 0. The standard InChI is InChI=1S/C20H34N4O6/c1-16(2)30-13-4-18(26)21-5-9-23(10-6-21)20(28)24-11-7-22(8-12-24)19(27)15-29-14-17(3)25/h16H,4-15H2,1-3H3. The highest BCUT2D eigenvalue weighted by molar-refractivity contribution is 5.80. The Hall–Kier alpha value is -2.20. The van der Waals surface area contributed by atoms with Crippen molar-refractivity contribution in [1.29, 1.82) is 0 Å². The van der Waals surface area contributed by atoms with Crippen LogP contribution in [-0.4, -0.2) is 122 Å². The molecule has 0 aromatic rings. The topological polar surface area (TPSA) is 99.7 Å². The second kappa shape index (κ2) is 11.8. The number of hydrogen-bond acceptors (Lipinski definition) is 6. The summed E-state index contributed by atoms with van der Waals surface area (Å²) < 4.78 is 10.5. The molecule has 0 spiro atoms. The Labute approximate surface area is 178 Å². The molecule has 0 bridgehead atoms. The SMILES string of the molecule is CC(=O)COCC(=O)N1CCN(C(=O)N2CCN(C(=O)CCOC(C)C)CC2)CC1. The van der Waals surface area contributed by atoms with Gasteiger partial charge in [-0.15, -0.1) is 0 Å². The van der Waals surface area contributed by atoms with Crippen LogP contribution in [-0.2, 0) is 23.9 Å². The molecule has 10 nitrogen and oxygen atoms in total. The lowest BCUT2D eigenvalue weighted by Gasteiger charge is -2.40. The van der Waals surface area contributed by atoms with Gasteiger partial charge in [0.25, 0.3) is 0 Å². The largest absolute Gasteiger partial charge is 0.378 e. The number of nitrogens with zero attached hydrogens (tertiary/aromatic N) is 4. The van der Waals surface area contributed by atoms with Gasteiger partial charge in [-0.3, -0.25) is 14.4 Å². The third-order valence-electron chi connectivity index (χ3n) is 5.10. The molecule has 2 saturated heterocycles. The maximum Gasteiger partial charge on any atom is 0.320 e. The van der Waals surface area contributed by atoms with E-state index >= 15 is 0 Å². The summed E-state index contributed by atoms with van der Waals surface area (Å²) >= 11 is 0. The number of carbonyl (C=O) groups is 4. The number of ketones is 1. The lowest BCUT2D eigenvalue weighted by molar-refractivity contribution is -0.139. The van der Waals surface area contributed by atoms with Gasteiger partial charge in [-0.25, -0.2) is 4.79 Å². The van der Waals surface area contributed by atoms with Gasteiger partial charge in [0.05, 0.1) is 19.1 Å². The average molecular weight is 427 g/mol. The van der Waals surface area contributed by atoms with Crippen molar-refractivity contribution < 1.29 is 28.7 Å². The van der Waals surface area contributed by atoms with Gasteiger partial charge in [-0.2, -0.15) is 0 Å². The zero-order chi connectivity index (χ0) is 22.1. The molecule has 0 aromatic carbocycles. The van der Waals surface area contributed by atoms with E-state index in [1.54, 1.807) is 19.6 Å². The smallest absolute Gasteiger partial charge is 0.320 e. The van der Waals surface area contributed by atoms with Crippen LogP contribution in [0.1, 0.15) is 27.2 Å². The summed E-state index contributed by atoms with van der Waals surface area (Å²) in [6.07, 6.45) is 0.467. The summed E-state index contributed by atoms with van der Waals surface area (Å²) in [7, 11) is 0. The quantitative estimate of drug-likeness (QED) is 0.534. The second-order valence-electron chi connectivity index (χ2n) is 7.88. The fraction of sp³-hybridized carbons (Fsp3) is 0.800. The first-order chi connectivity index (χ1) is 14.3. The van der Waals surface area contributed by atoms with E-state index in [2.05, 4.69) is 0 Å². The molecule has 10 heteroatoms. The first kappa shape index (κ1) is 24.1. The summed E-state index contributed by atoms with van der Waals surface area (Å²) in [4.78, 5) is 54.9. The number of Topliss-reactive ketones (excluding diaryl/α,β-unsaturated/α-hetero) is 1. The van der Waals surface area contributed by atoms with Crippen LogP contribution in [0.5, 0.6) is 0 Å². The highest BCUT2D eigenvalue weighted by Crippen LogP contribution is 2.10. The van der Waals surface area contributed by atoms with E-state index in [0.29, 0.717) is 65.4 Å². The fourth-order valence-corrected chi connectivity index (χ4v) is 3.41. The minimum absolute atomic E-state index is 0.0508. The molecule has 2 aliphatic heterocycles. The van der Waals surface area contributed by atoms with Crippen LogP contribution in [0.25, 0.3) is 0 Å². The minimum Gasteiger partial charge on any atom is -0.378 e. The predicted molar refractivity (Wildman–Crippen MR) is 109 cm³/mol. The first-order valence-electron chi connectivity index (χ1n) is 10.6. The van der Waals surface area contributed by atoms with Gasteiger partial charge < -0.3 is 29.1 Å². The fourth-order valence-electron chi connectivity index (χ4n) is 3.41. The van der Waals surface area contributed by atoms with Gasteiger partial charge >= 0.3 is 6.03 Å². The molecule has 0 radical (unpaired) electrons. The third-order valence-corrected chi connectivity index (χ3v) is 5.10. The zero-order valence-electron chi connectivity index (χ0n) is 18.3. The number of carbonyl (C=O) groups excluding carboxylic acids is 4. The maximum absolute atomic E-state index is 12.8. The number of rotatable bonds is 8. The van der Waals surface area contributed by atoms with Crippen molar-refractivity contribution in [2.75, 3.05) is 72.2 Å². The summed E-state index contributed by atoms with van der Waals surface area (Å²) in [6, 6.07) is -0.0508. The Morgan fingerprint density at radius 2 is 1.20 bits per heavy atom. The molecule has 0 unspecified atom stereocenters. The highest BCUT2D eigenvalue weighted by atomic mass is 16.5. The molecule has 2 aliphatic rings. The van der Waals surface area contributed by atoms with Crippen LogP contribution in [0.3, 0.4) is 0 Å². The van der Waals surface area contributed by atoms with Gasteiger partial charge in [-0.1, -0.05) is 0 Å². The summed E-state index contributed by atoms with van der Waals surface area (Å²) in [6.45, 7) is 9.40. The van der Waals surface area contributed by atoms with E-state index in [1.165, 1.54) is 6.92 Å². The van der Waals surface area contributed by atoms with Gasteiger partial charge in [-0.05, 0) is 20.8 Å². The average Bonchev–Trinajstić information content (AvgIpc) is 2.72. The van der Waals surface area contributed by atoms with Crippen molar-refractivity contribution in [2.24, 2.45) is 0 Å². The van der Waals surface area contributed by atoms with Crippen LogP contribution < -0.4 is 0 Å². The first-order valence-corrected chi connectivity index (χ1v) is 10.6. The van der Waals surface area contributed by atoms with Gasteiger partial charge in [0.2, 0.25) is 11.8 Å². The van der Waals surface area contributed by atoms with Crippen molar-refractivity contribution in [1.82, 2.24) is 19.6 Å². The molecule has 4 amide bonds. The van der Waals surface area contributed by atoms with Gasteiger partial charge in [0, 0.05) is 52.4 Å². The van der Waals surface area contributed by atoms with E-state index < -0.39 is 0 Å². The Morgan fingerprint density at radius 3 is 1.67 bits per heavy atom. The summed E-state index contributed by atoms with van der Waals surface area (Å²) in [5, 5.41) is 0. The second-order valence-corrected chi connectivity index (χ2v) is 7.88. The molecule has 0 N–H and O–H groups in total. The lowest BCUT2D eigenvalue weighted by Crippen LogP contribution is -2.58. The van der Waals surface area contributed by atoms with E-state index in [0.717, 1.165) is 0 Å². The molecular weight excluding hydrogens is 392 g/mol. The van der Waals surface area contributed by atoms with E-state index in [4.69, 9.17) is 9.47 Å². The third kappa shape index (κ3) is 7.56. The Bertz CT molecular complexity index is 610. The maximum atomic E-state index is 12.8. The van der Waals surface area contributed by atoms with Crippen LogP contribution in [0.4, 0.5) is 4.79 Å². The van der Waals surface area contributed by atoms with E-state index in [1.807, 2.05) is 13.8 Å². The molecule has 2 rings (SSSR count). The van der Waals surface area contributed by atoms with E-state index in [-0.39, 0.29) is 42.9 Å². The lowest BCUT2D eigenvalue weighted by atomic mass is 10.2. The molecule has 2 fully saturated rings. The van der Waals surface area contributed by atoms with Crippen molar-refractivity contribution in [3.05, 3.63) is 0 Å². The molecule has 30 heavy (non-hydrogen) atoms. The number of ether oxygens (including phenoxy) is 2. The number of amides is 4. The van der Waals surface area contributed by atoms with Crippen LogP contribution in [0, 0.1) is 0 Å².